The first kappa shape index (κ1) is 12.6. The number of carboxylic acids is 1. The third kappa shape index (κ3) is 2.21. The zero-order valence-electron chi connectivity index (χ0n) is 10.3. The van der Waals surface area contributed by atoms with Crippen molar-refractivity contribution >= 4 is 27.4 Å². The van der Waals surface area contributed by atoms with E-state index in [0.717, 1.165) is 4.70 Å². The molecule has 0 saturated carbocycles. The second kappa shape index (κ2) is 4.90. The summed E-state index contributed by atoms with van der Waals surface area (Å²) in [4.78, 5) is 27.1. The number of fused-ring (bicyclic) bond motifs is 1. The molecule has 0 spiro atoms. The lowest BCUT2D eigenvalue weighted by atomic mass is 10.3. The zero-order valence-corrected chi connectivity index (χ0v) is 11.1. The van der Waals surface area contributed by atoms with Crippen LogP contribution in [0.5, 0.6) is 0 Å². The molecular formula is C14H10N2O3S. The summed E-state index contributed by atoms with van der Waals surface area (Å²) < 4.78 is 2.47. The Labute approximate surface area is 117 Å². The number of aromatic carboxylic acids is 1. The molecule has 0 aliphatic carbocycles. The first-order chi connectivity index (χ1) is 9.65. The molecule has 6 heteroatoms. The van der Waals surface area contributed by atoms with Crippen LogP contribution in [0.3, 0.4) is 0 Å². The molecule has 0 unspecified atom stereocenters. The van der Waals surface area contributed by atoms with E-state index in [1.54, 1.807) is 24.4 Å². The Hall–Kier alpha value is -2.47. The van der Waals surface area contributed by atoms with Crippen molar-refractivity contribution in [2.24, 2.45) is 0 Å². The number of rotatable bonds is 3. The van der Waals surface area contributed by atoms with Gasteiger partial charge in [-0.15, -0.1) is 11.3 Å². The van der Waals surface area contributed by atoms with Gasteiger partial charge < -0.3 is 9.67 Å². The minimum Gasteiger partial charge on any atom is -0.477 e. The van der Waals surface area contributed by atoms with Gasteiger partial charge in [0.05, 0.1) is 17.6 Å². The molecule has 0 aliphatic heterocycles. The molecule has 0 fully saturated rings. The molecular weight excluding hydrogens is 276 g/mol. The van der Waals surface area contributed by atoms with Gasteiger partial charge in [-0.25, -0.2) is 9.78 Å². The topological polar surface area (TPSA) is 72.2 Å². The van der Waals surface area contributed by atoms with Crippen molar-refractivity contribution in [3.8, 4) is 0 Å². The van der Waals surface area contributed by atoms with Crippen LogP contribution in [-0.2, 0) is 6.54 Å². The maximum absolute atomic E-state index is 12.2. The van der Waals surface area contributed by atoms with Crippen molar-refractivity contribution in [3.05, 3.63) is 63.7 Å². The molecule has 5 nitrogen and oxygen atoms in total. The van der Waals surface area contributed by atoms with Crippen molar-refractivity contribution in [1.29, 1.82) is 0 Å². The van der Waals surface area contributed by atoms with E-state index in [9.17, 15) is 9.59 Å². The summed E-state index contributed by atoms with van der Waals surface area (Å²) in [7, 11) is 0. The molecule has 20 heavy (non-hydrogen) atoms. The van der Waals surface area contributed by atoms with Gasteiger partial charge in [-0.05, 0) is 29.6 Å². The van der Waals surface area contributed by atoms with E-state index in [2.05, 4.69) is 4.98 Å². The third-order valence-electron chi connectivity index (χ3n) is 2.95. The summed E-state index contributed by atoms with van der Waals surface area (Å²) in [5.41, 5.74) is 0.431. The standard InChI is InChI=1S/C14H10N2O3S/c17-13-10-5-7-20-12(10)4-6-16(13)8-9-2-1-3-11(15-9)14(18)19/h1-7H,8H2,(H,18,19). The van der Waals surface area contributed by atoms with Crippen LogP contribution < -0.4 is 5.56 Å². The van der Waals surface area contributed by atoms with Crippen LogP contribution in [0.4, 0.5) is 0 Å². The van der Waals surface area contributed by atoms with Gasteiger partial charge in [-0.2, -0.15) is 0 Å². The molecule has 0 saturated heterocycles. The highest BCUT2D eigenvalue weighted by Crippen LogP contribution is 2.16. The first-order valence-electron chi connectivity index (χ1n) is 5.91. The fourth-order valence-corrected chi connectivity index (χ4v) is 2.77. The van der Waals surface area contributed by atoms with E-state index in [1.807, 2.05) is 11.4 Å². The van der Waals surface area contributed by atoms with Crippen LogP contribution in [-0.4, -0.2) is 20.6 Å². The van der Waals surface area contributed by atoms with E-state index < -0.39 is 5.97 Å². The van der Waals surface area contributed by atoms with E-state index in [4.69, 9.17) is 5.11 Å². The van der Waals surface area contributed by atoms with Gasteiger partial charge in [0.1, 0.15) is 5.69 Å². The summed E-state index contributed by atoms with van der Waals surface area (Å²) in [6.07, 6.45) is 1.70. The fourth-order valence-electron chi connectivity index (χ4n) is 1.99. The third-order valence-corrected chi connectivity index (χ3v) is 3.83. The lowest BCUT2D eigenvalue weighted by molar-refractivity contribution is 0.0690. The predicted octanol–water partition coefficient (Wildman–Crippen LogP) is 2.20. The molecule has 0 bridgehead atoms. The number of pyridine rings is 2. The van der Waals surface area contributed by atoms with Crippen molar-refractivity contribution in [3.63, 3.8) is 0 Å². The average Bonchev–Trinajstić information content (AvgIpc) is 2.91. The minimum absolute atomic E-state index is 0.0211. The predicted molar refractivity (Wildman–Crippen MR) is 76.4 cm³/mol. The molecule has 3 heterocycles. The Balaban J connectivity index is 2.01. The number of hydrogen-bond donors (Lipinski definition) is 1. The van der Waals surface area contributed by atoms with Crippen LogP contribution in [0.25, 0.3) is 10.1 Å². The molecule has 3 aromatic heterocycles. The molecule has 0 aliphatic rings. The van der Waals surface area contributed by atoms with Crippen molar-refractivity contribution in [2.75, 3.05) is 0 Å². The largest absolute Gasteiger partial charge is 0.477 e. The van der Waals surface area contributed by atoms with Gasteiger partial charge in [-0.1, -0.05) is 6.07 Å². The number of nitrogens with zero attached hydrogens (tertiary/aromatic N) is 2. The zero-order chi connectivity index (χ0) is 14.1. The quantitative estimate of drug-likeness (QED) is 0.801. The monoisotopic (exact) mass is 286 g/mol. The number of aromatic nitrogens is 2. The highest BCUT2D eigenvalue weighted by molar-refractivity contribution is 7.17. The van der Waals surface area contributed by atoms with Crippen LogP contribution in [0.15, 0.2) is 46.7 Å². The normalized spacial score (nSPS) is 10.8. The van der Waals surface area contributed by atoms with Crippen molar-refractivity contribution in [2.45, 2.75) is 6.54 Å². The van der Waals surface area contributed by atoms with Gasteiger partial charge in [0, 0.05) is 10.9 Å². The molecule has 0 atom stereocenters. The van der Waals surface area contributed by atoms with Crippen molar-refractivity contribution in [1.82, 2.24) is 9.55 Å². The molecule has 3 aromatic rings. The summed E-state index contributed by atoms with van der Waals surface area (Å²) in [5, 5.41) is 11.5. The molecule has 0 radical (unpaired) electrons. The van der Waals surface area contributed by atoms with Crippen LogP contribution in [0.2, 0.25) is 0 Å². The maximum atomic E-state index is 12.2. The van der Waals surface area contributed by atoms with Gasteiger partial charge in [0.15, 0.2) is 0 Å². The fraction of sp³-hybridized carbons (Fsp3) is 0.0714. The molecule has 1 N–H and O–H groups in total. The first-order valence-corrected chi connectivity index (χ1v) is 6.79. The Kier molecular flexibility index (Phi) is 3.08. The van der Waals surface area contributed by atoms with E-state index in [1.165, 1.54) is 22.0 Å². The summed E-state index contributed by atoms with van der Waals surface area (Å²) in [5.74, 6) is -1.08. The van der Waals surface area contributed by atoms with Gasteiger partial charge in [0.25, 0.3) is 5.56 Å². The molecule has 0 amide bonds. The Bertz CT molecular complexity index is 851. The Morgan fingerprint density at radius 2 is 2.15 bits per heavy atom. The van der Waals surface area contributed by atoms with Crippen LogP contribution >= 0.6 is 11.3 Å². The highest BCUT2D eigenvalue weighted by atomic mass is 32.1. The Morgan fingerprint density at radius 1 is 1.30 bits per heavy atom. The Morgan fingerprint density at radius 3 is 2.95 bits per heavy atom. The van der Waals surface area contributed by atoms with Gasteiger partial charge in [-0.3, -0.25) is 4.79 Å². The SMILES string of the molecule is O=C(O)c1cccc(Cn2ccc3sccc3c2=O)n1. The van der Waals surface area contributed by atoms with Crippen LogP contribution in [0.1, 0.15) is 16.2 Å². The summed E-state index contributed by atoms with van der Waals surface area (Å²) in [6, 6.07) is 8.43. The lowest BCUT2D eigenvalue weighted by Gasteiger charge is -2.06. The number of hydrogen-bond acceptors (Lipinski definition) is 4. The average molecular weight is 286 g/mol. The number of carboxylic acid groups (broad SMARTS) is 1. The highest BCUT2D eigenvalue weighted by Gasteiger charge is 2.08. The van der Waals surface area contributed by atoms with E-state index in [-0.39, 0.29) is 17.8 Å². The van der Waals surface area contributed by atoms with E-state index in [0.29, 0.717) is 11.1 Å². The smallest absolute Gasteiger partial charge is 0.354 e. The van der Waals surface area contributed by atoms with Gasteiger partial charge >= 0.3 is 5.97 Å². The summed E-state index contributed by atoms with van der Waals surface area (Å²) >= 11 is 1.52. The second-order valence-electron chi connectivity index (χ2n) is 4.27. The molecule has 100 valence electrons. The molecule has 0 aromatic carbocycles. The summed E-state index contributed by atoms with van der Waals surface area (Å²) in [6.45, 7) is 0.256. The minimum atomic E-state index is -1.08. The molecule has 3 rings (SSSR count). The lowest BCUT2D eigenvalue weighted by Crippen LogP contribution is -2.20. The number of thiophene rings is 1. The maximum Gasteiger partial charge on any atom is 0.354 e. The second-order valence-corrected chi connectivity index (χ2v) is 5.21. The van der Waals surface area contributed by atoms with E-state index >= 15 is 0 Å². The van der Waals surface area contributed by atoms with Gasteiger partial charge in [0.2, 0.25) is 0 Å². The number of carbonyl (C=O) groups is 1. The van der Waals surface area contributed by atoms with Crippen molar-refractivity contribution < 1.29 is 9.90 Å². The van der Waals surface area contributed by atoms with Crippen LogP contribution in [0, 0.1) is 0 Å².